The minimum atomic E-state index is 0.0413. The summed E-state index contributed by atoms with van der Waals surface area (Å²) in [6.45, 7) is 11.3. The van der Waals surface area contributed by atoms with Crippen LogP contribution in [0.2, 0.25) is 0 Å². The second kappa shape index (κ2) is 8.19. The Morgan fingerprint density at radius 3 is 2.42 bits per heavy atom. The van der Waals surface area contributed by atoms with Gasteiger partial charge in [0, 0.05) is 22.7 Å². The van der Waals surface area contributed by atoms with Crippen molar-refractivity contribution < 1.29 is 4.42 Å². The molecule has 166 valence electrons. The van der Waals surface area contributed by atoms with Gasteiger partial charge >= 0.3 is 0 Å². The molecule has 2 heteroatoms. The molecule has 2 aromatic heterocycles. The van der Waals surface area contributed by atoms with Crippen LogP contribution in [0, 0.1) is 5.92 Å². The van der Waals surface area contributed by atoms with E-state index in [0.29, 0.717) is 5.92 Å². The van der Waals surface area contributed by atoms with Gasteiger partial charge in [0.25, 0.3) is 0 Å². The predicted molar refractivity (Wildman–Crippen MR) is 140 cm³/mol. The van der Waals surface area contributed by atoms with Crippen LogP contribution in [0.15, 0.2) is 83.4 Å². The van der Waals surface area contributed by atoms with E-state index in [9.17, 15) is 0 Å². The highest BCUT2D eigenvalue weighted by molar-refractivity contribution is 5.91. The number of fused-ring (bicyclic) bond motifs is 2. The first-order chi connectivity index (χ1) is 15.8. The zero-order valence-corrected chi connectivity index (χ0v) is 20.1. The lowest BCUT2D eigenvalue weighted by molar-refractivity contribution is 0.596. The van der Waals surface area contributed by atoms with Crippen LogP contribution in [0.3, 0.4) is 0 Å². The van der Waals surface area contributed by atoms with Gasteiger partial charge in [0.05, 0.1) is 5.69 Å². The van der Waals surface area contributed by atoms with Gasteiger partial charge in [-0.05, 0) is 76.1 Å². The molecule has 0 aliphatic carbocycles. The third-order valence-electron chi connectivity index (χ3n) is 6.24. The first kappa shape index (κ1) is 21.5. The van der Waals surface area contributed by atoms with E-state index < -0.39 is 0 Å². The van der Waals surface area contributed by atoms with Gasteiger partial charge in [0.2, 0.25) is 0 Å². The fourth-order valence-electron chi connectivity index (χ4n) is 4.64. The first-order valence-electron chi connectivity index (χ1n) is 11.8. The van der Waals surface area contributed by atoms with Crippen molar-refractivity contribution in [2.24, 2.45) is 5.92 Å². The number of rotatable bonds is 4. The second-order valence-corrected chi connectivity index (χ2v) is 10.5. The van der Waals surface area contributed by atoms with E-state index in [1.54, 1.807) is 0 Å². The molecule has 0 aliphatic rings. The molecule has 3 aromatic carbocycles. The Balaban J connectivity index is 1.58. The SMILES string of the molecule is CC(C)Cc1ccc2cc(-c3ccnc(-c4cc(C(C)(C)C)c5ccccc5c4)c3)oc2c1. The topological polar surface area (TPSA) is 26.0 Å². The third kappa shape index (κ3) is 4.30. The molecule has 0 saturated carbocycles. The molecule has 33 heavy (non-hydrogen) atoms. The Hall–Kier alpha value is -3.39. The number of nitrogens with zero attached hydrogens (tertiary/aromatic N) is 1. The summed E-state index contributed by atoms with van der Waals surface area (Å²) in [4.78, 5) is 4.72. The Morgan fingerprint density at radius 2 is 1.64 bits per heavy atom. The largest absolute Gasteiger partial charge is 0.456 e. The highest BCUT2D eigenvalue weighted by atomic mass is 16.3. The Labute approximate surface area is 196 Å². The van der Waals surface area contributed by atoms with E-state index >= 15 is 0 Å². The van der Waals surface area contributed by atoms with Crippen molar-refractivity contribution in [3.8, 4) is 22.6 Å². The molecule has 0 saturated heterocycles. The van der Waals surface area contributed by atoms with Crippen LogP contribution in [-0.4, -0.2) is 4.98 Å². The molecule has 5 rings (SSSR count). The maximum absolute atomic E-state index is 6.29. The van der Waals surface area contributed by atoms with Crippen molar-refractivity contribution in [2.45, 2.75) is 46.5 Å². The number of hydrogen-bond acceptors (Lipinski definition) is 2. The van der Waals surface area contributed by atoms with Crippen molar-refractivity contribution in [3.05, 3.63) is 90.1 Å². The Morgan fingerprint density at radius 1 is 0.818 bits per heavy atom. The first-order valence-corrected chi connectivity index (χ1v) is 11.8. The molecule has 0 unspecified atom stereocenters. The van der Waals surface area contributed by atoms with Crippen molar-refractivity contribution >= 4 is 21.7 Å². The van der Waals surface area contributed by atoms with Gasteiger partial charge in [-0.25, -0.2) is 0 Å². The zero-order valence-electron chi connectivity index (χ0n) is 20.1. The summed E-state index contributed by atoms with van der Waals surface area (Å²) in [5, 5.41) is 3.68. The van der Waals surface area contributed by atoms with Gasteiger partial charge in [0.1, 0.15) is 11.3 Å². The highest BCUT2D eigenvalue weighted by Gasteiger charge is 2.19. The zero-order chi connectivity index (χ0) is 23.2. The summed E-state index contributed by atoms with van der Waals surface area (Å²) in [6, 6.07) is 26.0. The van der Waals surface area contributed by atoms with Gasteiger partial charge in [-0.15, -0.1) is 0 Å². The van der Waals surface area contributed by atoms with E-state index in [0.717, 1.165) is 40.0 Å². The number of furan rings is 1. The standard InChI is InChI=1S/C31H31NO/c1-20(2)14-21-10-11-23-19-30(33-29(23)15-21)24-12-13-32-28(18-24)25-16-22-8-6-7-9-26(22)27(17-25)31(3,4)5/h6-13,15-20H,14H2,1-5H3. The monoisotopic (exact) mass is 433 g/mol. The molecule has 0 bridgehead atoms. The number of hydrogen-bond donors (Lipinski definition) is 0. The van der Waals surface area contributed by atoms with Crippen LogP contribution in [-0.2, 0) is 11.8 Å². The van der Waals surface area contributed by atoms with Gasteiger partial charge in [0.15, 0.2) is 0 Å². The molecule has 2 heterocycles. The molecule has 0 spiro atoms. The molecule has 0 fully saturated rings. The van der Waals surface area contributed by atoms with E-state index in [1.165, 1.54) is 21.9 Å². The van der Waals surface area contributed by atoms with Gasteiger partial charge < -0.3 is 4.42 Å². The van der Waals surface area contributed by atoms with Crippen LogP contribution in [0.25, 0.3) is 44.3 Å². The molecular formula is C31H31NO. The Bertz CT molecular complexity index is 1450. The van der Waals surface area contributed by atoms with Gasteiger partial charge in [-0.2, -0.15) is 0 Å². The normalized spacial score (nSPS) is 12.2. The molecule has 5 aromatic rings. The quantitative estimate of drug-likeness (QED) is 0.283. The lowest BCUT2D eigenvalue weighted by atomic mass is 9.82. The van der Waals surface area contributed by atoms with Crippen LogP contribution < -0.4 is 0 Å². The average Bonchev–Trinajstić information content (AvgIpc) is 3.21. The minimum absolute atomic E-state index is 0.0413. The van der Waals surface area contributed by atoms with Crippen LogP contribution >= 0.6 is 0 Å². The second-order valence-electron chi connectivity index (χ2n) is 10.5. The minimum Gasteiger partial charge on any atom is -0.456 e. The fourth-order valence-corrected chi connectivity index (χ4v) is 4.64. The molecule has 0 radical (unpaired) electrons. The van der Waals surface area contributed by atoms with Gasteiger partial charge in [-0.1, -0.05) is 71.0 Å². The van der Waals surface area contributed by atoms with Gasteiger partial charge in [-0.3, -0.25) is 4.98 Å². The molecule has 0 amide bonds. The van der Waals surface area contributed by atoms with Crippen molar-refractivity contribution in [2.75, 3.05) is 0 Å². The van der Waals surface area contributed by atoms with Crippen LogP contribution in [0.5, 0.6) is 0 Å². The number of aromatic nitrogens is 1. The fraction of sp³-hybridized carbons (Fsp3) is 0.258. The molecule has 0 atom stereocenters. The summed E-state index contributed by atoms with van der Waals surface area (Å²) >= 11 is 0. The van der Waals surface area contributed by atoms with Crippen molar-refractivity contribution in [3.63, 3.8) is 0 Å². The average molecular weight is 434 g/mol. The number of pyridine rings is 1. The maximum Gasteiger partial charge on any atom is 0.135 e. The summed E-state index contributed by atoms with van der Waals surface area (Å²) in [5.41, 5.74) is 6.79. The van der Waals surface area contributed by atoms with E-state index in [2.05, 4.69) is 101 Å². The summed E-state index contributed by atoms with van der Waals surface area (Å²) in [6.07, 6.45) is 2.94. The molecule has 0 aliphatic heterocycles. The highest BCUT2D eigenvalue weighted by Crippen LogP contribution is 2.36. The lowest BCUT2D eigenvalue weighted by Crippen LogP contribution is -2.12. The van der Waals surface area contributed by atoms with Crippen LogP contribution in [0.1, 0.15) is 45.7 Å². The van der Waals surface area contributed by atoms with E-state index in [-0.39, 0.29) is 5.41 Å². The van der Waals surface area contributed by atoms with Crippen LogP contribution in [0.4, 0.5) is 0 Å². The molecular weight excluding hydrogens is 402 g/mol. The van der Waals surface area contributed by atoms with Crippen molar-refractivity contribution in [1.29, 1.82) is 0 Å². The molecule has 0 N–H and O–H groups in total. The van der Waals surface area contributed by atoms with E-state index in [1.807, 2.05) is 12.3 Å². The van der Waals surface area contributed by atoms with E-state index in [4.69, 9.17) is 9.40 Å². The lowest BCUT2D eigenvalue weighted by Gasteiger charge is -2.22. The summed E-state index contributed by atoms with van der Waals surface area (Å²) in [7, 11) is 0. The predicted octanol–water partition coefficient (Wildman–Crippen LogP) is 8.81. The maximum atomic E-state index is 6.29. The summed E-state index contributed by atoms with van der Waals surface area (Å²) in [5.74, 6) is 1.51. The summed E-state index contributed by atoms with van der Waals surface area (Å²) < 4.78 is 6.29. The molecule has 2 nitrogen and oxygen atoms in total. The van der Waals surface area contributed by atoms with Crippen molar-refractivity contribution in [1.82, 2.24) is 4.98 Å². The third-order valence-corrected chi connectivity index (χ3v) is 6.24. The number of benzene rings is 3. The Kier molecular flexibility index (Phi) is 5.32. The smallest absolute Gasteiger partial charge is 0.135 e.